The van der Waals surface area contributed by atoms with Crippen LogP contribution in [0.1, 0.15) is 16.7 Å². The Bertz CT molecular complexity index is 592. The molecule has 0 aliphatic heterocycles. The summed E-state index contributed by atoms with van der Waals surface area (Å²) in [5, 5.41) is 14.6. The summed E-state index contributed by atoms with van der Waals surface area (Å²) in [5.41, 5.74) is 3.92. The van der Waals surface area contributed by atoms with E-state index in [2.05, 4.69) is 30.4 Å². The van der Waals surface area contributed by atoms with Crippen molar-refractivity contribution in [2.24, 2.45) is 0 Å². The Kier molecular flexibility index (Phi) is 2.54. The standard InChI is InChI=1S/C14H14N2/c1-9-5-4-6-11-7-13(16-3)12(8-15)10(2)14(9)11/h4-7,16H,1-3H3. The average molecular weight is 210 g/mol. The molecule has 0 aliphatic carbocycles. The predicted molar refractivity (Wildman–Crippen MR) is 67.7 cm³/mol. The van der Waals surface area contributed by atoms with Crippen LogP contribution in [0.3, 0.4) is 0 Å². The van der Waals surface area contributed by atoms with Crippen molar-refractivity contribution in [3.63, 3.8) is 0 Å². The third kappa shape index (κ3) is 1.42. The van der Waals surface area contributed by atoms with Gasteiger partial charge in [0.15, 0.2) is 0 Å². The summed E-state index contributed by atoms with van der Waals surface area (Å²) >= 11 is 0. The maximum Gasteiger partial charge on any atom is 0.102 e. The summed E-state index contributed by atoms with van der Waals surface area (Å²) in [6.45, 7) is 4.09. The maximum atomic E-state index is 9.19. The number of nitrogens with zero attached hydrogens (tertiary/aromatic N) is 1. The topological polar surface area (TPSA) is 35.8 Å². The number of benzene rings is 2. The number of nitriles is 1. The molecule has 0 radical (unpaired) electrons. The summed E-state index contributed by atoms with van der Waals surface area (Å²) in [5.74, 6) is 0. The highest BCUT2D eigenvalue weighted by atomic mass is 14.8. The molecular weight excluding hydrogens is 196 g/mol. The van der Waals surface area contributed by atoms with Gasteiger partial charge in [-0.25, -0.2) is 0 Å². The minimum absolute atomic E-state index is 0.740. The molecule has 16 heavy (non-hydrogen) atoms. The van der Waals surface area contributed by atoms with Gasteiger partial charge >= 0.3 is 0 Å². The second kappa shape index (κ2) is 3.86. The molecule has 2 aromatic rings. The van der Waals surface area contributed by atoms with Crippen LogP contribution >= 0.6 is 0 Å². The van der Waals surface area contributed by atoms with Crippen molar-refractivity contribution in [2.75, 3.05) is 12.4 Å². The second-order valence-corrected chi connectivity index (χ2v) is 3.96. The molecule has 0 aromatic heterocycles. The van der Waals surface area contributed by atoms with E-state index < -0.39 is 0 Å². The molecule has 0 fully saturated rings. The van der Waals surface area contributed by atoms with E-state index in [0.29, 0.717) is 0 Å². The lowest BCUT2D eigenvalue weighted by Crippen LogP contribution is -1.96. The summed E-state index contributed by atoms with van der Waals surface area (Å²) < 4.78 is 0. The first-order chi connectivity index (χ1) is 7.69. The Morgan fingerprint density at radius 2 is 2.00 bits per heavy atom. The number of anilines is 1. The Labute approximate surface area is 95.5 Å². The Balaban J connectivity index is 2.95. The number of fused-ring (bicyclic) bond motifs is 1. The molecule has 2 aromatic carbocycles. The van der Waals surface area contributed by atoms with Crippen molar-refractivity contribution in [1.82, 2.24) is 0 Å². The van der Waals surface area contributed by atoms with Gasteiger partial charge in [-0.2, -0.15) is 5.26 Å². The molecule has 2 rings (SSSR count). The summed E-state index contributed by atoms with van der Waals surface area (Å²) in [6, 6.07) is 10.5. The summed E-state index contributed by atoms with van der Waals surface area (Å²) in [7, 11) is 1.84. The van der Waals surface area contributed by atoms with Crippen molar-refractivity contribution in [3.05, 3.63) is 41.0 Å². The Morgan fingerprint density at radius 1 is 1.25 bits per heavy atom. The van der Waals surface area contributed by atoms with Crippen LogP contribution in [0, 0.1) is 25.2 Å². The molecule has 0 aliphatic rings. The lowest BCUT2D eigenvalue weighted by atomic mass is 9.95. The first-order valence-corrected chi connectivity index (χ1v) is 5.29. The zero-order valence-electron chi connectivity index (χ0n) is 9.76. The largest absolute Gasteiger partial charge is 0.387 e. The molecular formula is C14H14N2. The molecule has 0 amide bonds. The quantitative estimate of drug-likeness (QED) is 0.783. The lowest BCUT2D eigenvalue weighted by molar-refractivity contribution is 1.38. The molecule has 2 heteroatoms. The van der Waals surface area contributed by atoms with E-state index in [9.17, 15) is 5.26 Å². The van der Waals surface area contributed by atoms with E-state index in [1.165, 1.54) is 16.3 Å². The fraction of sp³-hybridized carbons (Fsp3) is 0.214. The minimum Gasteiger partial charge on any atom is -0.387 e. The SMILES string of the molecule is CNc1cc2cccc(C)c2c(C)c1C#N. The smallest absolute Gasteiger partial charge is 0.102 e. The van der Waals surface area contributed by atoms with Crippen LogP contribution < -0.4 is 5.32 Å². The third-order valence-electron chi connectivity index (χ3n) is 3.01. The van der Waals surface area contributed by atoms with Gasteiger partial charge in [0.2, 0.25) is 0 Å². The van der Waals surface area contributed by atoms with E-state index >= 15 is 0 Å². The monoisotopic (exact) mass is 210 g/mol. The van der Waals surface area contributed by atoms with Gasteiger partial charge in [-0.3, -0.25) is 0 Å². The molecule has 0 saturated carbocycles. The highest BCUT2D eigenvalue weighted by Crippen LogP contribution is 2.30. The van der Waals surface area contributed by atoms with E-state index in [1.54, 1.807) is 0 Å². The van der Waals surface area contributed by atoms with Gasteiger partial charge in [0, 0.05) is 7.05 Å². The van der Waals surface area contributed by atoms with Crippen molar-refractivity contribution >= 4 is 16.5 Å². The third-order valence-corrected chi connectivity index (χ3v) is 3.01. The van der Waals surface area contributed by atoms with E-state index in [4.69, 9.17) is 0 Å². The number of rotatable bonds is 1. The van der Waals surface area contributed by atoms with Crippen molar-refractivity contribution in [2.45, 2.75) is 13.8 Å². The number of hydrogen-bond acceptors (Lipinski definition) is 2. The van der Waals surface area contributed by atoms with Crippen LogP contribution in [-0.2, 0) is 0 Å². The first kappa shape index (κ1) is 10.5. The van der Waals surface area contributed by atoms with Crippen molar-refractivity contribution in [1.29, 1.82) is 5.26 Å². The number of aryl methyl sites for hydroxylation is 2. The number of nitrogens with one attached hydrogen (secondary N) is 1. The molecule has 0 bridgehead atoms. The Hall–Kier alpha value is -2.01. The average Bonchev–Trinajstić information content (AvgIpc) is 2.28. The second-order valence-electron chi connectivity index (χ2n) is 3.96. The predicted octanol–water partition coefficient (Wildman–Crippen LogP) is 3.37. The fourth-order valence-corrected chi connectivity index (χ4v) is 2.22. The molecule has 80 valence electrons. The molecule has 0 heterocycles. The van der Waals surface area contributed by atoms with Crippen molar-refractivity contribution < 1.29 is 0 Å². The van der Waals surface area contributed by atoms with Gasteiger partial charge in [-0.1, -0.05) is 18.2 Å². The van der Waals surface area contributed by atoms with Crippen LogP contribution in [0.4, 0.5) is 5.69 Å². The molecule has 0 unspecified atom stereocenters. The van der Waals surface area contributed by atoms with Crippen LogP contribution in [-0.4, -0.2) is 7.05 Å². The van der Waals surface area contributed by atoms with E-state index in [-0.39, 0.29) is 0 Å². The zero-order valence-corrected chi connectivity index (χ0v) is 9.76. The highest BCUT2D eigenvalue weighted by Gasteiger charge is 2.10. The molecule has 0 atom stereocenters. The van der Waals surface area contributed by atoms with Gasteiger partial charge < -0.3 is 5.32 Å². The van der Waals surface area contributed by atoms with Crippen LogP contribution in [0.15, 0.2) is 24.3 Å². The Morgan fingerprint density at radius 3 is 2.62 bits per heavy atom. The van der Waals surface area contributed by atoms with Crippen LogP contribution in [0.25, 0.3) is 10.8 Å². The first-order valence-electron chi connectivity index (χ1n) is 5.29. The highest BCUT2D eigenvalue weighted by molar-refractivity contribution is 5.94. The zero-order chi connectivity index (χ0) is 11.7. The molecule has 0 spiro atoms. The van der Waals surface area contributed by atoms with Crippen LogP contribution in [0.2, 0.25) is 0 Å². The molecule has 2 nitrogen and oxygen atoms in total. The van der Waals surface area contributed by atoms with Gasteiger partial charge in [0.1, 0.15) is 6.07 Å². The van der Waals surface area contributed by atoms with E-state index in [1.807, 2.05) is 26.1 Å². The fourth-order valence-electron chi connectivity index (χ4n) is 2.22. The maximum absolute atomic E-state index is 9.19. The van der Waals surface area contributed by atoms with Crippen molar-refractivity contribution in [3.8, 4) is 6.07 Å². The number of hydrogen-bond donors (Lipinski definition) is 1. The van der Waals surface area contributed by atoms with Gasteiger partial charge in [0.05, 0.1) is 11.3 Å². The van der Waals surface area contributed by atoms with E-state index in [0.717, 1.165) is 16.8 Å². The summed E-state index contributed by atoms with van der Waals surface area (Å²) in [4.78, 5) is 0. The van der Waals surface area contributed by atoms with Gasteiger partial charge in [-0.15, -0.1) is 0 Å². The minimum atomic E-state index is 0.740. The van der Waals surface area contributed by atoms with Gasteiger partial charge in [-0.05, 0) is 41.8 Å². The summed E-state index contributed by atoms with van der Waals surface area (Å²) in [6.07, 6.45) is 0. The lowest BCUT2D eigenvalue weighted by Gasteiger charge is -2.12. The van der Waals surface area contributed by atoms with Gasteiger partial charge in [0.25, 0.3) is 0 Å². The normalized spacial score (nSPS) is 10.1. The molecule has 0 saturated heterocycles. The molecule has 1 N–H and O–H groups in total. The van der Waals surface area contributed by atoms with Crippen LogP contribution in [0.5, 0.6) is 0 Å².